The maximum atomic E-state index is 3.79. The lowest BCUT2D eigenvalue weighted by Crippen LogP contribution is -1.89. The van der Waals surface area contributed by atoms with E-state index < -0.39 is 0 Å². The maximum Gasteiger partial charge on any atom is -0.0158 e. The molecule has 14 heavy (non-hydrogen) atoms. The van der Waals surface area contributed by atoms with Crippen molar-refractivity contribution in [2.75, 3.05) is 0 Å². The molecule has 1 aromatic carbocycles. The van der Waals surface area contributed by atoms with Gasteiger partial charge in [-0.25, -0.2) is 0 Å². The van der Waals surface area contributed by atoms with E-state index in [-0.39, 0.29) is 14.9 Å². The first-order chi connectivity index (χ1) is 5.70. The molecule has 0 aliphatic heterocycles. The predicted octanol–water partition coefficient (Wildman–Crippen LogP) is 4.86. The van der Waals surface area contributed by atoms with E-state index in [1.165, 1.54) is 22.3 Å². The normalized spacial score (nSPS) is 8.14. The molecule has 0 saturated carbocycles. The monoisotopic (exact) mass is 190 g/mol. The van der Waals surface area contributed by atoms with E-state index in [9.17, 15) is 0 Å². The second-order valence-corrected chi connectivity index (χ2v) is 2.93. The average Bonchev–Trinajstić information content (AvgIpc) is 2.08. The highest BCUT2D eigenvalue weighted by Crippen LogP contribution is 2.20. The lowest BCUT2D eigenvalue weighted by molar-refractivity contribution is 1.36. The highest BCUT2D eigenvalue weighted by molar-refractivity contribution is 5.68. The third kappa shape index (κ3) is 2.59. The van der Waals surface area contributed by atoms with Crippen molar-refractivity contribution < 1.29 is 0 Å². The zero-order chi connectivity index (χ0) is 9.14. The van der Waals surface area contributed by atoms with Gasteiger partial charge in [-0.3, -0.25) is 0 Å². The van der Waals surface area contributed by atoms with Crippen molar-refractivity contribution in [1.29, 1.82) is 0 Å². The van der Waals surface area contributed by atoms with Crippen molar-refractivity contribution in [3.05, 3.63) is 47.5 Å². The molecular weight excluding hydrogens is 168 g/mol. The summed E-state index contributed by atoms with van der Waals surface area (Å²) in [6.45, 7) is 11.8. The van der Waals surface area contributed by atoms with Crippen LogP contribution in [0, 0.1) is 13.8 Å². The Bertz CT molecular complexity index is 286. The summed E-state index contributed by atoms with van der Waals surface area (Å²) in [5, 5.41) is 0. The molecule has 1 aromatic rings. The van der Waals surface area contributed by atoms with Crippen molar-refractivity contribution in [2.24, 2.45) is 0 Å². The fourth-order valence-corrected chi connectivity index (χ4v) is 1.40. The Balaban J connectivity index is 0. The molecule has 78 valence electrons. The van der Waals surface area contributed by atoms with Crippen molar-refractivity contribution in [3.8, 4) is 0 Å². The van der Waals surface area contributed by atoms with Crippen molar-refractivity contribution in [1.82, 2.24) is 0 Å². The molecule has 0 heteroatoms. The van der Waals surface area contributed by atoms with Gasteiger partial charge < -0.3 is 0 Å². The summed E-state index contributed by atoms with van der Waals surface area (Å²) in [5.74, 6) is 0. The van der Waals surface area contributed by atoms with Crippen LogP contribution in [-0.2, 0) is 0 Å². The Labute approximate surface area is 89.0 Å². The lowest BCUT2D eigenvalue weighted by atomic mass is 9.97. The van der Waals surface area contributed by atoms with Crippen molar-refractivity contribution >= 4 is 12.2 Å². The summed E-state index contributed by atoms with van der Waals surface area (Å²) < 4.78 is 0. The molecule has 0 fully saturated rings. The van der Waals surface area contributed by atoms with Gasteiger partial charge in [0.1, 0.15) is 0 Å². The molecule has 0 aliphatic rings. The van der Waals surface area contributed by atoms with Crippen LogP contribution >= 0.6 is 0 Å². The van der Waals surface area contributed by atoms with Crippen LogP contribution in [0.2, 0.25) is 0 Å². The first-order valence-corrected chi connectivity index (χ1v) is 4.05. The quantitative estimate of drug-likeness (QED) is 0.624. The molecule has 0 unspecified atom stereocenters. The van der Waals surface area contributed by atoms with Crippen molar-refractivity contribution in [2.45, 2.75) is 28.7 Å². The minimum absolute atomic E-state index is 0. The van der Waals surface area contributed by atoms with Crippen LogP contribution in [0.4, 0.5) is 0 Å². The third-order valence-electron chi connectivity index (χ3n) is 2.13. The van der Waals surface area contributed by atoms with Gasteiger partial charge >= 0.3 is 0 Å². The minimum atomic E-state index is 0. The molecule has 0 saturated heterocycles. The molecule has 1 rings (SSSR count). The SMILES string of the molecule is C.C.C=Cc1c(C)ccc(C)c1C=C. The van der Waals surface area contributed by atoms with Gasteiger partial charge in [-0.2, -0.15) is 0 Å². The number of aryl methyl sites for hydroxylation is 2. The van der Waals surface area contributed by atoms with Crippen LogP contribution in [0.5, 0.6) is 0 Å². The topological polar surface area (TPSA) is 0 Å². The maximum absolute atomic E-state index is 3.79. The molecule has 0 N–H and O–H groups in total. The standard InChI is InChI=1S/C12H14.2CH4/c1-5-11-9(3)7-8-10(4)12(11)6-2;;/h5-8H,1-2H2,3-4H3;2*1H4. The largest absolute Gasteiger partial charge is 0.0984 e. The van der Waals surface area contributed by atoms with E-state index in [0.29, 0.717) is 0 Å². The van der Waals surface area contributed by atoms with Crippen LogP contribution in [0.25, 0.3) is 12.2 Å². The Morgan fingerprint density at radius 2 is 1.14 bits per heavy atom. The molecule has 0 bridgehead atoms. The second-order valence-electron chi connectivity index (χ2n) is 2.93. The average molecular weight is 190 g/mol. The number of benzene rings is 1. The summed E-state index contributed by atoms with van der Waals surface area (Å²) in [6.07, 6.45) is 3.78. The number of hydrogen-bond acceptors (Lipinski definition) is 0. The van der Waals surface area contributed by atoms with Gasteiger partial charge in [0.2, 0.25) is 0 Å². The van der Waals surface area contributed by atoms with Crippen LogP contribution in [-0.4, -0.2) is 0 Å². The molecule has 0 aliphatic carbocycles. The summed E-state index contributed by atoms with van der Waals surface area (Å²) in [5.41, 5.74) is 4.91. The van der Waals surface area contributed by atoms with Gasteiger partial charge in [0.25, 0.3) is 0 Å². The van der Waals surface area contributed by atoms with Crippen LogP contribution < -0.4 is 0 Å². The fraction of sp³-hybridized carbons (Fsp3) is 0.286. The van der Waals surface area contributed by atoms with Crippen LogP contribution in [0.1, 0.15) is 37.1 Å². The van der Waals surface area contributed by atoms with Gasteiger partial charge in [-0.05, 0) is 36.1 Å². The van der Waals surface area contributed by atoms with Gasteiger partial charge in [-0.15, -0.1) is 0 Å². The molecule has 0 atom stereocenters. The van der Waals surface area contributed by atoms with E-state index in [0.717, 1.165) is 0 Å². The van der Waals surface area contributed by atoms with Crippen LogP contribution in [0.15, 0.2) is 25.3 Å². The summed E-state index contributed by atoms with van der Waals surface area (Å²) >= 11 is 0. The van der Waals surface area contributed by atoms with Gasteiger partial charge in [0, 0.05) is 0 Å². The zero-order valence-electron chi connectivity index (χ0n) is 7.72. The number of hydrogen-bond donors (Lipinski definition) is 0. The van der Waals surface area contributed by atoms with E-state index in [1.54, 1.807) is 0 Å². The Hall–Kier alpha value is -1.30. The molecule has 0 spiro atoms. The zero-order valence-corrected chi connectivity index (χ0v) is 7.72. The smallest absolute Gasteiger partial charge is 0.0158 e. The summed E-state index contributed by atoms with van der Waals surface area (Å²) in [7, 11) is 0. The van der Waals surface area contributed by atoms with Gasteiger partial charge in [0.05, 0.1) is 0 Å². The van der Waals surface area contributed by atoms with Crippen LogP contribution in [0.3, 0.4) is 0 Å². The highest BCUT2D eigenvalue weighted by Gasteiger charge is 2.01. The second kappa shape index (κ2) is 6.20. The van der Waals surface area contributed by atoms with E-state index >= 15 is 0 Å². The third-order valence-corrected chi connectivity index (χ3v) is 2.13. The fourth-order valence-electron chi connectivity index (χ4n) is 1.40. The van der Waals surface area contributed by atoms with Crippen molar-refractivity contribution in [3.63, 3.8) is 0 Å². The lowest BCUT2D eigenvalue weighted by Gasteiger charge is -2.07. The molecule has 0 aromatic heterocycles. The molecular formula is C14H22. The summed E-state index contributed by atoms with van der Waals surface area (Å²) in [4.78, 5) is 0. The highest BCUT2D eigenvalue weighted by atomic mass is 14.1. The van der Waals surface area contributed by atoms with E-state index in [4.69, 9.17) is 0 Å². The molecule has 0 radical (unpaired) electrons. The van der Waals surface area contributed by atoms with Gasteiger partial charge in [0.15, 0.2) is 0 Å². The minimum Gasteiger partial charge on any atom is -0.0984 e. The molecule has 0 amide bonds. The van der Waals surface area contributed by atoms with E-state index in [2.05, 4.69) is 39.1 Å². The number of rotatable bonds is 2. The van der Waals surface area contributed by atoms with E-state index in [1.807, 2.05) is 12.2 Å². The Morgan fingerprint density at radius 3 is 1.36 bits per heavy atom. The van der Waals surface area contributed by atoms with Gasteiger partial charge in [-0.1, -0.05) is 52.3 Å². The summed E-state index contributed by atoms with van der Waals surface area (Å²) in [6, 6.07) is 4.22. The first-order valence-electron chi connectivity index (χ1n) is 4.05. The predicted molar refractivity (Wildman–Crippen MR) is 69.6 cm³/mol. The molecule has 0 nitrogen and oxygen atoms in total. The Morgan fingerprint density at radius 1 is 0.857 bits per heavy atom. The first kappa shape index (κ1) is 15.2. The molecule has 0 heterocycles. The Kier molecular flexibility index (Phi) is 6.72.